The number of halogens is 1. The summed E-state index contributed by atoms with van der Waals surface area (Å²) in [4.78, 5) is 28.6. The van der Waals surface area contributed by atoms with Gasteiger partial charge in [0.1, 0.15) is 0 Å². The van der Waals surface area contributed by atoms with Gasteiger partial charge in [-0.05, 0) is 43.0 Å². The maximum Gasteiger partial charge on any atom is 0.246 e. The molecule has 1 aromatic rings. The highest BCUT2D eigenvalue weighted by molar-refractivity contribution is 6.31. The minimum atomic E-state index is -0.0148. The van der Waals surface area contributed by atoms with Gasteiger partial charge in [-0.2, -0.15) is 0 Å². The molecule has 2 aliphatic heterocycles. The monoisotopic (exact) mass is 376 g/mol. The minimum absolute atomic E-state index is 0.0148. The van der Waals surface area contributed by atoms with Gasteiger partial charge in [0.25, 0.3) is 0 Å². The number of carbonyl (C=O) groups excluding carboxylic acids is 2. The maximum absolute atomic E-state index is 12.5. The van der Waals surface area contributed by atoms with Crippen LogP contribution in [-0.4, -0.2) is 61.0 Å². The Morgan fingerprint density at radius 1 is 1.12 bits per heavy atom. The van der Waals surface area contributed by atoms with Crippen LogP contribution in [-0.2, 0) is 14.3 Å². The molecule has 0 aliphatic carbocycles. The Hall–Kier alpha value is -1.85. The fraction of sp³-hybridized carbons (Fsp3) is 0.500. The van der Waals surface area contributed by atoms with Crippen molar-refractivity contribution in [2.24, 2.45) is 5.92 Å². The van der Waals surface area contributed by atoms with E-state index in [-0.39, 0.29) is 17.7 Å². The van der Waals surface area contributed by atoms with Crippen LogP contribution in [0.1, 0.15) is 24.0 Å². The van der Waals surface area contributed by atoms with Crippen LogP contribution >= 0.6 is 11.6 Å². The Morgan fingerprint density at radius 2 is 1.81 bits per heavy atom. The molecule has 0 N–H and O–H groups in total. The summed E-state index contributed by atoms with van der Waals surface area (Å²) in [5.74, 6) is 0.223. The first kappa shape index (κ1) is 18.9. The maximum atomic E-state index is 12.5. The van der Waals surface area contributed by atoms with E-state index in [2.05, 4.69) is 0 Å². The number of amides is 2. The van der Waals surface area contributed by atoms with Crippen LogP contribution < -0.4 is 0 Å². The second kappa shape index (κ2) is 8.69. The number of likely N-dealkylation sites (tertiary alicyclic amines) is 1. The van der Waals surface area contributed by atoms with Crippen LogP contribution in [0.5, 0.6) is 0 Å². The van der Waals surface area contributed by atoms with E-state index in [4.69, 9.17) is 16.3 Å². The summed E-state index contributed by atoms with van der Waals surface area (Å²) in [7, 11) is 0. The molecule has 2 saturated heterocycles. The lowest BCUT2D eigenvalue weighted by molar-refractivity contribution is -0.142. The topological polar surface area (TPSA) is 49.9 Å². The molecule has 2 heterocycles. The number of aryl methyl sites for hydroxylation is 1. The standard InChI is InChI=1S/C20H25ClN2O3/c1-15-2-3-16(14-18(15)21)4-5-19(24)22-8-6-17(7-9-22)20(25)23-10-12-26-13-11-23/h2-5,14,17H,6-13H2,1H3. The second-order valence-corrected chi connectivity index (χ2v) is 7.29. The van der Waals surface area contributed by atoms with Crippen molar-refractivity contribution in [2.75, 3.05) is 39.4 Å². The molecular formula is C20H25ClN2O3. The molecule has 0 radical (unpaired) electrons. The fourth-order valence-corrected chi connectivity index (χ4v) is 3.56. The zero-order chi connectivity index (χ0) is 18.5. The van der Waals surface area contributed by atoms with Crippen LogP contribution in [0.3, 0.4) is 0 Å². The lowest BCUT2D eigenvalue weighted by Crippen LogP contribution is -2.47. The van der Waals surface area contributed by atoms with Crippen LogP contribution in [0.4, 0.5) is 0 Å². The molecule has 0 atom stereocenters. The zero-order valence-electron chi connectivity index (χ0n) is 15.1. The quantitative estimate of drug-likeness (QED) is 0.762. The smallest absolute Gasteiger partial charge is 0.246 e. The van der Waals surface area contributed by atoms with Gasteiger partial charge in [0, 0.05) is 43.2 Å². The number of carbonyl (C=O) groups is 2. The summed E-state index contributed by atoms with van der Waals surface area (Å²) < 4.78 is 5.30. The van der Waals surface area contributed by atoms with E-state index < -0.39 is 0 Å². The number of morpholine rings is 1. The first-order valence-corrected chi connectivity index (χ1v) is 9.52. The normalized spacial score (nSPS) is 19.2. The Morgan fingerprint density at radius 3 is 2.46 bits per heavy atom. The highest BCUT2D eigenvalue weighted by Gasteiger charge is 2.30. The zero-order valence-corrected chi connectivity index (χ0v) is 15.9. The molecule has 140 valence electrons. The number of ether oxygens (including phenoxy) is 1. The average Bonchev–Trinajstić information content (AvgIpc) is 2.69. The lowest BCUT2D eigenvalue weighted by Gasteiger charge is -2.35. The van der Waals surface area contributed by atoms with Crippen molar-refractivity contribution >= 4 is 29.5 Å². The molecule has 2 fully saturated rings. The molecule has 26 heavy (non-hydrogen) atoms. The van der Waals surface area contributed by atoms with E-state index in [0.29, 0.717) is 44.4 Å². The summed E-state index contributed by atoms with van der Waals surface area (Å²) in [5.41, 5.74) is 1.92. The molecule has 5 nitrogen and oxygen atoms in total. The summed E-state index contributed by atoms with van der Waals surface area (Å²) in [5, 5.41) is 0.696. The van der Waals surface area contributed by atoms with Crippen molar-refractivity contribution in [1.29, 1.82) is 0 Å². The number of rotatable bonds is 3. The van der Waals surface area contributed by atoms with Crippen molar-refractivity contribution in [3.63, 3.8) is 0 Å². The third kappa shape index (κ3) is 4.65. The number of hydrogen-bond acceptors (Lipinski definition) is 3. The van der Waals surface area contributed by atoms with Gasteiger partial charge in [0.15, 0.2) is 0 Å². The van der Waals surface area contributed by atoms with Crippen molar-refractivity contribution < 1.29 is 14.3 Å². The lowest BCUT2D eigenvalue weighted by atomic mass is 9.95. The first-order valence-electron chi connectivity index (χ1n) is 9.14. The molecule has 0 spiro atoms. The number of nitrogens with zero attached hydrogens (tertiary/aromatic N) is 2. The summed E-state index contributed by atoms with van der Waals surface area (Å²) >= 11 is 6.11. The van der Waals surface area contributed by atoms with Crippen LogP contribution in [0.15, 0.2) is 24.3 Å². The third-order valence-corrected chi connectivity index (χ3v) is 5.50. The highest BCUT2D eigenvalue weighted by atomic mass is 35.5. The van der Waals surface area contributed by atoms with Gasteiger partial charge in [-0.25, -0.2) is 0 Å². The highest BCUT2D eigenvalue weighted by Crippen LogP contribution is 2.21. The Bertz CT molecular complexity index is 690. The average molecular weight is 377 g/mol. The Kier molecular flexibility index (Phi) is 6.33. The number of benzene rings is 1. The van der Waals surface area contributed by atoms with Gasteiger partial charge in [0.05, 0.1) is 13.2 Å². The molecule has 0 saturated carbocycles. The Balaban J connectivity index is 1.50. The minimum Gasteiger partial charge on any atom is -0.378 e. The van der Waals surface area contributed by atoms with Crippen molar-refractivity contribution in [1.82, 2.24) is 9.80 Å². The predicted octanol–water partition coefficient (Wildman–Crippen LogP) is 2.76. The summed E-state index contributed by atoms with van der Waals surface area (Å²) in [6.07, 6.45) is 4.84. The van der Waals surface area contributed by atoms with Gasteiger partial charge in [-0.15, -0.1) is 0 Å². The van der Waals surface area contributed by atoms with Crippen molar-refractivity contribution in [3.8, 4) is 0 Å². The largest absolute Gasteiger partial charge is 0.378 e. The number of piperidine rings is 1. The fourth-order valence-electron chi connectivity index (χ4n) is 3.37. The summed E-state index contributed by atoms with van der Waals surface area (Å²) in [6, 6.07) is 5.74. The summed E-state index contributed by atoms with van der Waals surface area (Å²) in [6.45, 7) is 5.80. The molecule has 0 unspecified atom stereocenters. The van der Waals surface area contributed by atoms with Crippen LogP contribution in [0, 0.1) is 12.8 Å². The predicted molar refractivity (Wildman–Crippen MR) is 102 cm³/mol. The van der Waals surface area contributed by atoms with E-state index in [1.165, 1.54) is 0 Å². The number of hydrogen-bond donors (Lipinski definition) is 0. The van der Waals surface area contributed by atoms with Crippen molar-refractivity contribution in [2.45, 2.75) is 19.8 Å². The van der Waals surface area contributed by atoms with E-state index in [0.717, 1.165) is 24.0 Å². The van der Waals surface area contributed by atoms with Gasteiger partial charge in [-0.3, -0.25) is 9.59 Å². The molecule has 6 heteroatoms. The van der Waals surface area contributed by atoms with Gasteiger partial charge >= 0.3 is 0 Å². The van der Waals surface area contributed by atoms with Crippen LogP contribution in [0.25, 0.3) is 6.08 Å². The molecular weight excluding hydrogens is 352 g/mol. The van der Waals surface area contributed by atoms with E-state index in [1.54, 1.807) is 12.2 Å². The van der Waals surface area contributed by atoms with Gasteiger partial charge < -0.3 is 14.5 Å². The Labute approximate surface area is 159 Å². The molecule has 1 aromatic carbocycles. The molecule has 0 bridgehead atoms. The van der Waals surface area contributed by atoms with E-state index >= 15 is 0 Å². The molecule has 0 aromatic heterocycles. The van der Waals surface area contributed by atoms with Crippen LogP contribution in [0.2, 0.25) is 5.02 Å². The third-order valence-electron chi connectivity index (χ3n) is 5.09. The van der Waals surface area contributed by atoms with Crippen molar-refractivity contribution in [3.05, 3.63) is 40.4 Å². The SMILES string of the molecule is Cc1ccc(C=CC(=O)N2CCC(C(=O)N3CCOCC3)CC2)cc1Cl. The van der Waals surface area contributed by atoms with E-state index in [1.807, 2.05) is 34.9 Å². The molecule has 2 amide bonds. The van der Waals surface area contributed by atoms with E-state index in [9.17, 15) is 9.59 Å². The second-order valence-electron chi connectivity index (χ2n) is 6.88. The van der Waals surface area contributed by atoms with Gasteiger partial charge in [-0.1, -0.05) is 23.7 Å². The van der Waals surface area contributed by atoms with Gasteiger partial charge in [0.2, 0.25) is 11.8 Å². The first-order chi connectivity index (χ1) is 12.5. The molecule has 3 rings (SSSR count). The molecule has 2 aliphatic rings.